The smallest absolute Gasteiger partial charge is 0.305 e. The normalized spacial score (nSPS) is 23.8. The number of para-hydroxylation sites is 1. The topological polar surface area (TPSA) is 616 Å². The fraction of sp³-hybridized carbons (Fsp3) is 0.484. The fourth-order valence-electron chi connectivity index (χ4n) is 15.7. The highest BCUT2D eigenvalue weighted by Gasteiger charge is 2.43. The standard InChI is InChI=1S/C95H129N19O20S/c1-51(2)40-67-84(123)107-71(43-57-28-32-60(33-29-57)59-22-14-11-15-23-59)90(129)111-79(53(5)6)92(131)103-66(26-18-37-96)95(134)114-39-19-27-75(114)91(130)102-65(36-38-97)83(122)104-68(41-52(3)4)89(128)112-80(54(7)8)93(132)113-81(55(9)115)94(133)110-74(82(121)100-48-76(98)117)49-135-50-77(118)101-69(42-56-20-12-10-13-21-56)85(124)106-70(44-58-30-34-62(116)35-31-58)86(125)109-73(46-78(119)120)88(127)108-72(87(126)105-67)45-61-47-99-64-25-17-16-24-63(61)64/h10-17,20-25,28-35,47,51-55,65-75,79-81,99,115-116H,18-19,26-27,36-46,48-50,96-97H2,1-9H3,(H2,98,117)(H,100,121)(H,101,118)(H,102,130)(H,103,131)(H,104,122)(H,105,126)(H,106,124)(H,107,123)(H,108,127)(H,109,125)(H,110,133)(H,111,129)(H,112,128)(H,113,132)(H,119,120)/t55-,65+,66+,67+,68+,69+,70+,71+,72+,73+,74+,75-,79+,80+,81+/m1/s1. The first-order chi connectivity index (χ1) is 64.2. The SMILES string of the molecule is CC(C)C[C@@H]1NC(=O)[C@H](Cc2c[nH]c3ccccc23)NC(=O)[C@H](CC(=O)O)NC(=O)[C@H](Cc2ccc(O)cc2)NC(=O)[C@H](Cc2ccccc2)NC(=O)CSC[C@@H](C(=O)NCC(N)=O)NC(=O)[C@H]([C@@H](C)O)NC(=O)[C@H](C(C)C)NC(=O)[C@H](CC(C)C)NC(=O)[C@H](CCN)NC(=O)[C@H]2CCCN2C(=O)[C@H](CCCN)NC(=O)[C@H](C(C)C)NC(=O)[C@H](Cc2ccc(-c3ccccc3)cc2)NC1=O. The second-order valence-electron chi connectivity index (χ2n) is 35.5. The lowest BCUT2D eigenvalue weighted by Crippen LogP contribution is -2.62. The third kappa shape index (κ3) is 33.1. The van der Waals surface area contributed by atoms with Gasteiger partial charge < -0.3 is 117 Å². The number of nitrogens with one attached hydrogen (secondary N) is 15. The molecule has 730 valence electrons. The molecule has 0 saturated carbocycles. The van der Waals surface area contributed by atoms with Crippen LogP contribution in [0.1, 0.15) is 136 Å². The lowest BCUT2D eigenvalue weighted by Gasteiger charge is -2.32. The largest absolute Gasteiger partial charge is 0.508 e. The number of fused-ring (bicyclic) bond motifs is 2. The number of nitrogens with zero attached hydrogens (tertiary/aromatic N) is 1. The number of thioether (sulfide) groups is 1. The van der Waals surface area contributed by atoms with E-state index in [1.54, 1.807) is 128 Å². The number of carboxylic acid groups (broad SMARTS) is 1. The predicted molar refractivity (Wildman–Crippen MR) is 503 cm³/mol. The van der Waals surface area contributed by atoms with E-state index in [2.05, 4.69) is 79.4 Å². The van der Waals surface area contributed by atoms with E-state index >= 15 is 38.4 Å². The molecule has 8 rings (SSSR count). The van der Waals surface area contributed by atoms with Crippen molar-refractivity contribution >= 4 is 123 Å². The molecule has 39 nitrogen and oxygen atoms in total. The number of amides is 16. The summed E-state index contributed by atoms with van der Waals surface area (Å²) >= 11 is 0.720. The fourth-order valence-corrected chi connectivity index (χ4v) is 16.6. The number of carboxylic acids is 1. The zero-order chi connectivity index (χ0) is 98.9. The number of H-pyrrole nitrogens is 1. The Kier molecular flexibility index (Phi) is 41.5. The molecule has 6 aromatic rings. The first kappa shape index (κ1) is 107. The number of aromatic hydroxyl groups is 1. The summed E-state index contributed by atoms with van der Waals surface area (Å²) in [7, 11) is 0. The maximum absolute atomic E-state index is 15.5. The highest BCUT2D eigenvalue weighted by atomic mass is 32.2. The van der Waals surface area contributed by atoms with Crippen LogP contribution in [0.4, 0.5) is 0 Å². The zero-order valence-electron chi connectivity index (χ0n) is 77.3. The summed E-state index contributed by atoms with van der Waals surface area (Å²) in [6.45, 7) is 13.6. The first-order valence-electron chi connectivity index (χ1n) is 45.4. The number of aliphatic hydroxyl groups is 1. The molecule has 0 bridgehead atoms. The summed E-state index contributed by atoms with van der Waals surface area (Å²) in [5, 5.41) is 69.5. The molecule has 0 aliphatic carbocycles. The molecular formula is C95H129N19O20S. The molecular weight excluding hydrogens is 1760 g/mol. The van der Waals surface area contributed by atoms with E-state index in [1.165, 1.54) is 29.2 Å². The van der Waals surface area contributed by atoms with Crippen LogP contribution in [0.15, 0.2) is 140 Å². The number of carbonyl (C=O) groups excluding carboxylic acids is 16. The molecule has 2 aliphatic heterocycles. The van der Waals surface area contributed by atoms with Crippen molar-refractivity contribution in [2.24, 2.45) is 40.9 Å². The molecule has 16 amide bonds. The van der Waals surface area contributed by atoms with Crippen LogP contribution >= 0.6 is 11.8 Å². The number of aliphatic hydroxyl groups excluding tert-OH is 1. The van der Waals surface area contributed by atoms with Gasteiger partial charge in [-0.25, -0.2) is 0 Å². The number of aromatic nitrogens is 1. The number of nitrogens with two attached hydrogens (primary N) is 3. The van der Waals surface area contributed by atoms with Crippen molar-refractivity contribution in [1.82, 2.24) is 84.3 Å². The van der Waals surface area contributed by atoms with Gasteiger partial charge in [-0.1, -0.05) is 171 Å². The molecule has 2 fully saturated rings. The summed E-state index contributed by atoms with van der Waals surface area (Å²) in [5.74, 6) is -20.6. The van der Waals surface area contributed by atoms with E-state index in [9.17, 15) is 58.5 Å². The van der Waals surface area contributed by atoms with E-state index in [0.717, 1.165) is 29.8 Å². The van der Waals surface area contributed by atoms with Gasteiger partial charge in [-0.3, -0.25) is 81.5 Å². The van der Waals surface area contributed by atoms with E-state index in [0.29, 0.717) is 33.2 Å². The monoisotopic (exact) mass is 1890 g/mol. The summed E-state index contributed by atoms with van der Waals surface area (Å²) in [4.78, 5) is 253. The minimum Gasteiger partial charge on any atom is -0.508 e. The van der Waals surface area contributed by atoms with Crippen LogP contribution in [0, 0.1) is 23.7 Å². The van der Waals surface area contributed by atoms with Crippen LogP contribution in [-0.2, 0) is 107 Å². The average molecular weight is 1890 g/mol. The second kappa shape index (κ2) is 52.4. The zero-order valence-corrected chi connectivity index (χ0v) is 78.2. The van der Waals surface area contributed by atoms with Crippen molar-refractivity contribution < 1.29 is 96.8 Å². The van der Waals surface area contributed by atoms with Crippen LogP contribution in [0.2, 0.25) is 0 Å². The minimum absolute atomic E-state index is 0.00722. The number of phenols is 1. The van der Waals surface area contributed by atoms with Gasteiger partial charge in [0.1, 0.15) is 90.3 Å². The summed E-state index contributed by atoms with van der Waals surface area (Å²) in [6, 6.07) is 15.0. The van der Waals surface area contributed by atoms with Gasteiger partial charge in [0.25, 0.3) is 0 Å². The van der Waals surface area contributed by atoms with Gasteiger partial charge in [-0.05, 0) is 140 Å². The van der Waals surface area contributed by atoms with Crippen molar-refractivity contribution in [2.45, 2.75) is 230 Å². The molecule has 40 heteroatoms. The first-order valence-corrected chi connectivity index (χ1v) is 46.6. The Morgan fingerprint density at radius 2 is 0.896 bits per heavy atom. The molecule has 135 heavy (non-hydrogen) atoms. The van der Waals surface area contributed by atoms with Crippen molar-refractivity contribution in [1.29, 1.82) is 0 Å². The molecule has 5 aromatic carbocycles. The molecule has 0 unspecified atom stereocenters. The van der Waals surface area contributed by atoms with E-state index < -0.39 is 234 Å². The van der Waals surface area contributed by atoms with Crippen LogP contribution in [0.25, 0.3) is 22.0 Å². The summed E-state index contributed by atoms with van der Waals surface area (Å²) in [5.41, 5.74) is 21.5. The summed E-state index contributed by atoms with van der Waals surface area (Å²) < 4.78 is 0. The maximum atomic E-state index is 15.5. The number of aromatic amines is 1. The second-order valence-corrected chi connectivity index (χ2v) is 36.5. The number of phenolic OH excluding ortho intramolecular Hbond substituents is 1. The number of benzene rings is 5. The molecule has 3 heterocycles. The number of hydrogen-bond donors (Lipinski definition) is 21. The highest BCUT2D eigenvalue weighted by Crippen LogP contribution is 2.26. The Morgan fingerprint density at radius 3 is 1.43 bits per heavy atom. The van der Waals surface area contributed by atoms with Crippen molar-refractivity contribution in [2.75, 3.05) is 37.7 Å². The molecule has 2 saturated heterocycles. The molecule has 1 aromatic heterocycles. The Labute approximate surface area is 787 Å². The molecule has 0 radical (unpaired) electrons. The number of rotatable bonds is 26. The van der Waals surface area contributed by atoms with Crippen LogP contribution < -0.4 is 91.6 Å². The summed E-state index contributed by atoms with van der Waals surface area (Å²) in [6.07, 6.45) is -2.40. The van der Waals surface area contributed by atoms with E-state index in [1.807, 2.05) is 42.5 Å². The Hall–Kier alpha value is -13.3. The molecule has 24 N–H and O–H groups in total. The lowest BCUT2D eigenvalue weighted by atomic mass is 9.97. The number of primary amides is 1. The van der Waals surface area contributed by atoms with Crippen LogP contribution in [-0.4, -0.2) is 254 Å². The minimum atomic E-state index is -2.06. The highest BCUT2D eigenvalue weighted by molar-refractivity contribution is 8.00. The Balaban J connectivity index is 1.20. The van der Waals surface area contributed by atoms with E-state index in [-0.39, 0.29) is 101 Å². The van der Waals surface area contributed by atoms with Gasteiger partial charge in [0.15, 0.2) is 0 Å². The van der Waals surface area contributed by atoms with Gasteiger partial charge >= 0.3 is 5.97 Å². The van der Waals surface area contributed by atoms with Gasteiger partial charge in [-0.15, -0.1) is 11.8 Å². The molecule has 2 aliphatic rings. The van der Waals surface area contributed by atoms with Gasteiger partial charge in [-0.2, -0.15) is 0 Å². The van der Waals surface area contributed by atoms with Crippen molar-refractivity contribution in [3.8, 4) is 16.9 Å². The van der Waals surface area contributed by atoms with Gasteiger partial charge in [0.05, 0.1) is 24.8 Å². The number of hydrogen-bond acceptors (Lipinski definition) is 22. The quantitative estimate of drug-likeness (QED) is 0.0334. The van der Waals surface area contributed by atoms with Crippen molar-refractivity contribution in [3.05, 3.63) is 162 Å². The van der Waals surface area contributed by atoms with Crippen molar-refractivity contribution in [3.63, 3.8) is 0 Å². The number of carbonyl (C=O) groups is 17. The third-order valence-electron chi connectivity index (χ3n) is 22.9. The van der Waals surface area contributed by atoms with Crippen LogP contribution in [0.5, 0.6) is 5.75 Å². The van der Waals surface area contributed by atoms with Gasteiger partial charge in [0, 0.05) is 55.1 Å². The van der Waals surface area contributed by atoms with Gasteiger partial charge in [0.2, 0.25) is 94.5 Å². The Bertz CT molecular complexity index is 5100. The third-order valence-corrected chi connectivity index (χ3v) is 23.9. The Morgan fingerprint density at radius 1 is 0.459 bits per heavy atom. The molecule has 0 spiro atoms. The maximum Gasteiger partial charge on any atom is 0.305 e. The molecule has 15 atom stereocenters. The number of aliphatic carboxylic acids is 1. The predicted octanol–water partition coefficient (Wildman–Crippen LogP) is -0.200. The van der Waals surface area contributed by atoms with Crippen LogP contribution in [0.3, 0.4) is 0 Å². The average Bonchev–Trinajstić information content (AvgIpc) is 1.71. The lowest BCUT2D eigenvalue weighted by molar-refractivity contribution is -0.143. The van der Waals surface area contributed by atoms with E-state index in [4.69, 9.17) is 17.2 Å².